The van der Waals surface area contributed by atoms with E-state index in [1.54, 1.807) is 0 Å². The number of anilines is 1. The van der Waals surface area contributed by atoms with Gasteiger partial charge in [-0.15, -0.1) is 0 Å². The minimum absolute atomic E-state index is 0.0975. The van der Waals surface area contributed by atoms with Crippen LogP contribution in [0.3, 0.4) is 0 Å². The molecule has 5 rings (SSSR count). The van der Waals surface area contributed by atoms with Gasteiger partial charge in [-0.05, 0) is 55.5 Å². The molecule has 0 atom stereocenters. The maximum absolute atomic E-state index is 9.75. The number of aliphatic hydroxyl groups is 2. The van der Waals surface area contributed by atoms with E-state index in [1.807, 2.05) is 0 Å². The van der Waals surface area contributed by atoms with Crippen molar-refractivity contribution in [3.63, 3.8) is 0 Å². The fraction of sp³-hybridized carbons (Fsp3) is 0.364. The molecule has 0 amide bonds. The summed E-state index contributed by atoms with van der Waals surface area (Å²) < 4.78 is 2.23. The van der Waals surface area contributed by atoms with Crippen molar-refractivity contribution < 1.29 is 14.8 Å². The summed E-state index contributed by atoms with van der Waals surface area (Å²) in [5, 5.41) is 20.3. The molecular formula is C33H38ClN2O2+. The molecule has 0 saturated carbocycles. The van der Waals surface area contributed by atoms with Crippen molar-refractivity contribution in [3.05, 3.63) is 106 Å². The first-order chi connectivity index (χ1) is 18.2. The monoisotopic (exact) mass is 529 g/mol. The molecule has 0 radical (unpaired) electrons. The Hall–Kier alpha value is -2.92. The molecule has 2 aliphatic heterocycles. The summed E-state index contributed by atoms with van der Waals surface area (Å²) in [6.07, 6.45) is 10.5. The lowest BCUT2D eigenvalue weighted by Crippen LogP contribution is -2.28. The number of para-hydroxylation sites is 2. The summed E-state index contributed by atoms with van der Waals surface area (Å²) in [6.45, 7) is 10.3. The second kappa shape index (κ2) is 10.3. The highest BCUT2D eigenvalue weighted by molar-refractivity contribution is 6.33. The quantitative estimate of drug-likeness (QED) is 0.402. The second-order valence-electron chi connectivity index (χ2n) is 11.3. The van der Waals surface area contributed by atoms with Gasteiger partial charge in [0.05, 0.1) is 12.0 Å². The molecule has 0 bridgehead atoms. The van der Waals surface area contributed by atoms with Crippen LogP contribution in [0.25, 0.3) is 0 Å². The van der Waals surface area contributed by atoms with E-state index >= 15 is 0 Å². The van der Waals surface area contributed by atoms with Gasteiger partial charge < -0.3 is 15.1 Å². The van der Waals surface area contributed by atoms with Crippen molar-refractivity contribution in [1.29, 1.82) is 0 Å². The molecule has 2 heterocycles. The van der Waals surface area contributed by atoms with Crippen LogP contribution in [0.4, 0.5) is 11.4 Å². The number of hydrogen-bond donors (Lipinski definition) is 2. The van der Waals surface area contributed by atoms with Gasteiger partial charge in [0.2, 0.25) is 5.69 Å². The van der Waals surface area contributed by atoms with E-state index in [0.717, 1.165) is 40.4 Å². The van der Waals surface area contributed by atoms with E-state index in [2.05, 4.69) is 110 Å². The first kappa shape index (κ1) is 26.7. The molecule has 0 unspecified atom stereocenters. The Kier molecular flexibility index (Phi) is 7.25. The Morgan fingerprint density at radius 3 is 2.32 bits per heavy atom. The summed E-state index contributed by atoms with van der Waals surface area (Å²) in [4.78, 5) is 2.23. The number of hydrogen-bond acceptors (Lipinski definition) is 3. The number of β-amino-alcohol motifs (C(OH)–C–C–N with tert-alkyl or cyclic N) is 2. The summed E-state index contributed by atoms with van der Waals surface area (Å²) in [7, 11) is 0. The minimum atomic E-state index is -0.157. The summed E-state index contributed by atoms with van der Waals surface area (Å²) in [6, 6.07) is 16.9. The molecule has 198 valence electrons. The van der Waals surface area contributed by atoms with Crippen LogP contribution in [-0.2, 0) is 10.8 Å². The molecular weight excluding hydrogens is 492 g/mol. The van der Waals surface area contributed by atoms with Gasteiger partial charge in [-0.1, -0.05) is 74.0 Å². The van der Waals surface area contributed by atoms with Gasteiger partial charge in [-0.25, -0.2) is 0 Å². The van der Waals surface area contributed by atoms with Gasteiger partial charge >= 0.3 is 0 Å². The van der Waals surface area contributed by atoms with Gasteiger partial charge in [0, 0.05) is 46.1 Å². The number of halogens is 1. The number of aliphatic hydroxyl groups excluding tert-OH is 2. The maximum atomic E-state index is 9.75. The molecule has 5 heteroatoms. The predicted molar refractivity (Wildman–Crippen MR) is 158 cm³/mol. The molecule has 0 fully saturated rings. The zero-order chi connectivity index (χ0) is 27.1. The molecule has 38 heavy (non-hydrogen) atoms. The number of allylic oxidation sites excluding steroid dienone is 8. The van der Waals surface area contributed by atoms with E-state index < -0.39 is 0 Å². The number of rotatable bonds is 7. The van der Waals surface area contributed by atoms with E-state index in [4.69, 9.17) is 11.6 Å². The van der Waals surface area contributed by atoms with Crippen LogP contribution in [0.5, 0.6) is 0 Å². The van der Waals surface area contributed by atoms with Crippen LogP contribution < -0.4 is 4.90 Å². The Morgan fingerprint density at radius 2 is 1.58 bits per heavy atom. The fourth-order valence-electron chi connectivity index (χ4n) is 6.33. The maximum Gasteiger partial charge on any atom is 0.209 e. The van der Waals surface area contributed by atoms with Crippen LogP contribution in [0, 0.1) is 0 Å². The normalized spacial score (nSPS) is 21.9. The average molecular weight is 530 g/mol. The molecule has 1 aliphatic carbocycles. The summed E-state index contributed by atoms with van der Waals surface area (Å²) >= 11 is 6.95. The van der Waals surface area contributed by atoms with Crippen molar-refractivity contribution in [2.75, 3.05) is 31.2 Å². The molecule has 4 nitrogen and oxygen atoms in total. The van der Waals surface area contributed by atoms with Crippen LogP contribution in [0.1, 0.15) is 51.7 Å². The largest absolute Gasteiger partial charge is 0.395 e. The molecule has 0 aromatic heterocycles. The average Bonchev–Trinajstić information content (AvgIpc) is 3.43. The predicted octanol–water partition coefficient (Wildman–Crippen LogP) is 6.50. The van der Waals surface area contributed by atoms with Crippen LogP contribution in [0.2, 0.25) is 0 Å². The van der Waals surface area contributed by atoms with Crippen molar-refractivity contribution in [1.82, 2.24) is 0 Å². The Balaban J connectivity index is 1.46. The Bertz CT molecular complexity index is 1410. The highest BCUT2D eigenvalue weighted by Crippen LogP contribution is 2.48. The zero-order valence-electron chi connectivity index (χ0n) is 22.8. The van der Waals surface area contributed by atoms with E-state index in [-0.39, 0.29) is 24.0 Å². The third kappa shape index (κ3) is 4.39. The number of nitrogens with zero attached hydrogens (tertiary/aromatic N) is 2. The molecule has 3 aliphatic rings. The lowest BCUT2D eigenvalue weighted by Gasteiger charge is -2.26. The fourth-order valence-corrected chi connectivity index (χ4v) is 6.65. The van der Waals surface area contributed by atoms with Gasteiger partial charge in [-0.2, -0.15) is 4.58 Å². The minimum Gasteiger partial charge on any atom is -0.395 e. The van der Waals surface area contributed by atoms with Crippen LogP contribution >= 0.6 is 11.6 Å². The Labute approximate surface area is 231 Å². The van der Waals surface area contributed by atoms with Crippen molar-refractivity contribution in [2.45, 2.75) is 51.4 Å². The Morgan fingerprint density at radius 1 is 0.868 bits per heavy atom. The number of fused-ring (bicyclic) bond motifs is 2. The number of benzene rings is 2. The first-order valence-corrected chi connectivity index (χ1v) is 13.9. The highest BCUT2D eigenvalue weighted by Gasteiger charge is 2.44. The summed E-state index contributed by atoms with van der Waals surface area (Å²) in [5.41, 5.74) is 9.20. The third-order valence-electron chi connectivity index (χ3n) is 8.36. The highest BCUT2D eigenvalue weighted by atomic mass is 35.5. The molecule has 0 spiro atoms. The van der Waals surface area contributed by atoms with Gasteiger partial charge in [0.15, 0.2) is 12.3 Å². The van der Waals surface area contributed by atoms with Crippen LogP contribution in [0.15, 0.2) is 94.7 Å². The molecule has 2 aromatic carbocycles. The summed E-state index contributed by atoms with van der Waals surface area (Å²) in [5.74, 6) is 0. The van der Waals surface area contributed by atoms with Crippen LogP contribution in [-0.4, -0.2) is 46.8 Å². The van der Waals surface area contributed by atoms with Crippen molar-refractivity contribution in [3.8, 4) is 0 Å². The molecule has 0 saturated heterocycles. The van der Waals surface area contributed by atoms with Crippen molar-refractivity contribution in [2.24, 2.45) is 0 Å². The topological polar surface area (TPSA) is 46.7 Å². The second-order valence-corrected chi connectivity index (χ2v) is 11.7. The zero-order valence-corrected chi connectivity index (χ0v) is 23.6. The van der Waals surface area contributed by atoms with Gasteiger partial charge in [-0.3, -0.25) is 0 Å². The smallest absolute Gasteiger partial charge is 0.209 e. The van der Waals surface area contributed by atoms with E-state index in [9.17, 15) is 10.2 Å². The standard InChI is InChI=1S/C33H38ClN2O2/c1-32(2)25-9-5-7-11-27(25)35(19-21-37)29(32)17-15-23-13-14-24(31(23)34)16-18-30-33(3,4)26-10-6-8-12-28(26)36(30)20-22-38/h5-12,15-18,37-38H,13-14,19-22H2,1-4H3/q+1. The van der Waals surface area contributed by atoms with E-state index in [1.165, 1.54) is 22.5 Å². The van der Waals surface area contributed by atoms with E-state index in [0.29, 0.717) is 13.1 Å². The third-order valence-corrected chi connectivity index (χ3v) is 8.84. The lowest BCUT2D eigenvalue weighted by molar-refractivity contribution is -0.441. The SMILES string of the molecule is CC1(C)C(=CC=C2CCC(C=CC3=[N+](CCO)c4ccccc4C3(C)C)=C2Cl)N(CCO)c2ccccc21. The molecule has 2 N–H and O–H groups in total. The molecule has 2 aromatic rings. The van der Waals surface area contributed by atoms with Crippen molar-refractivity contribution >= 4 is 28.7 Å². The lowest BCUT2D eigenvalue weighted by atomic mass is 9.81. The van der Waals surface area contributed by atoms with Gasteiger partial charge in [0.1, 0.15) is 6.61 Å². The first-order valence-electron chi connectivity index (χ1n) is 13.5. The van der Waals surface area contributed by atoms with Gasteiger partial charge in [0.25, 0.3) is 0 Å².